The molecule has 0 aliphatic heterocycles. The number of carbonyl (C=O) groups is 1. The highest BCUT2D eigenvalue weighted by Crippen LogP contribution is 2.05. The summed E-state index contributed by atoms with van der Waals surface area (Å²) >= 11 is 0. The van der Waals surface area contributed by atoms with Crippen LogP contribution in [0.5, 0.6) is 0 Å². The van der Waals surface area contributed by atoms with E-state index in [2.05, 4.69) is 20.9 Å². The third-order valence-corrected chi connectivity index (χ3v) is 2.77. The molecule has 1 rings (SSSR count). The van der Waals surface area contributed by atoms with Crippen molar-refractivity contribution in [2.45, 2.75) is 12.8 Å². The predicted octanol–water partition coefficient (Wildman–Crippen LogP) is 1.02. The highest BCUT2D eigenvalue weighted by molar-refractivity contribution is 5.94. The molecule has 0 saturated heterocycles. The summed E-state index contributed by atoms with van der Waals surface area (Å²) in [6.45, 7) is 0.0892. The smallest absolute Gasteiger partial charge is 0.255 e. The predicted molar refractivity (Wildman–Crippen MR) is 78.9 cm³/mol. The summed E-state index contributed by atoms with van der Waals surface area (Å²) < 4.78 is 24.2. The van der Waals surface area contributed by atoms with E-state index in [0.29, 0.717) is 24.5 Å². The Morgan fingerprint density at radius 1 is 1.33 bits per heavy atom. The quantitative estimate of drug-likeness (QED) is 0.543. The number of hydrogen-bond donors (Lipinski definition) is 3. The molecule has 0 atom stereocenters. The highest BCUT2D eigenvalue weighted by Gasteiger charge is 2.05. The van der Waals surface area contributed by atoms with Crippen LogP contribution in [-0.2, 0) is 6.42 Å². The first-order valence-electron chi connectivity index (χ1n) is 6.60. The molecule has 0 saturated carbocycles. The topological polar surface area (TPSA) is 65.5 Å². The van der Waals surface area contributed by atoms with Crippen molar-refractivity contribution in [3.05, 3.63) is 35.4 Å². The van der Waals surface area contributed by atoms with Gasteiger partial charge in [0, 0.05) is 26.2 Å². The summed E-state index contributed by atoms with van der Waals surface area (Å²) in [5.74, 6) is 0.192. The van der Waals surface area contributed by atoms with Crippen molar-refractivity contribution in [2.24, 2.45) is 4.99 Å². The van der Waals surface area contributed by atoms with Gasteiger partial charge in [0.1, 0.15) is 0 Å². The number of nitrogens with one attached hydrogen (secondary N) is 3. The summed E-state index contributed by atoms with van der Waals surface area (Å²) in [6, 6.07) is 7.25. The average Bonchev–Trinajstić information content (AvgIpc) is 2.49. The fourth-order valence-corrected chi connectivity index (χ4v) is 1.73. The first-order chi connectivity index (χ1) is 10.1. The zero-order valence-electron chi connectivity index (χ0n) is 12.1. The fraction of sp³-hybridized carbons (Fsp3) is 0.429. The molecule has 0 unspecified atom stereocenters. The van der Waals surface area contributed by atoms with Crippen LogP contribution < -0.4 is 16.0 Å². The minimum atomic E-state index is -2.42. The van der Waals surface area contributed by atoms with Crippen molar-refractivity contribution in [3.63, 3.8) is 0 Å². The largest absolute Gasteiger partial charge is 0.356 e. The molecule has 3 N–H and O–H groups in total. The SMILES string of the molecule is CN=C(NCCc1cccc(C(=O)NC)c1)NCC(F)F. The first-order valence-corrected chi connectivity index (χ1v) is 6.60. The van der Waals surface area contributed by atoms with Crippen LogP contribution in [0.25, 0.3) is 0 Å². The van der Waals surface area contributed by atoms with Crippen LogP contribution in [0, 0.1) is 0 Å². The third-order valence-electron chi connectivity index (χ3n) is 2.77. The average molecular weight is 298 g/mol. The van der Waals surface area contributed by atoms with Crippen molar-refractivity contribution in [2.75, 3.05) is 27.2 Å². The molecule has 0 heterocycles. The number of aliphatic imine (C=N–C) groups is 1. The van der Waals surface area contributed by atoms with Gasteiger partial charge in [-0.1, -0.05) is 12.1 Å². The Morgan fingerprint density at radius 3 is 2.71 bits per heavy atom. The Kier molecular flexibility index (Phi) is 7.14. The Hall–Kier alpha value is -2.18. The number of carbonyl (C=O) groups excluding carboxylic acids is 1. The molecule has 116 valence electrons. The minimum Gasteiger partial charge on any atom is -0.356 e. The normalized spacial score (nSPS) is 11.4. The van der Waals surface area contributed by atoms with E-state index in [1.54, 1.807) is 19.2 Å². The summed E-state index contributed by atoms with van der Waals surface area (Å²) in [5, 5.41) is 8.02. The molecule has 1 aromatic carbocycles. The molecule has 0 aromatic heterocycles. The van der Waals surface area contributed by atoms with E-state index in [0.717, 1.165) is 5.56 Å². The first kappa shape index (κ1) is 16.9. The van der Waals surface area contributed by atoms with Crippen molar-refractivity contribution < 1.29 is 13.6 Å². The van der Waals surface area contributed by atoms with Gasteiger partial charge in [0.2, 0.25) is 0 Å². The minimum absolute atomic E-state index is 0.140. The van der Waals surface area contributed by atoms with Gasteiger partial charge in [-0.2, -0.15) is 0 Å². The molecule has 0 radical (unpaired) electrons. The third kappa shape index (κ3) is 6.20. The Morgan fingerprint density at radius 2 is 2.10 bits per heavy atom. The number of halogens is 2. The summed E-state index contributed by atoms with van der Waals surface area (Å²) in [6.07, 6.45) is -1.77. The van der Waals surface area contributed by atoms with Crippen molar-refractivity contribution in [1.29, 1.82) is 0 Å². The van der Waals surface area contributed by atoms with E-state index >= 15 is 0 Å². The Labute approximate surface area is 122 Å². The molecule has 7 heteroatoms. The maximum atomic E-state index is 12.1. The maximum Gasteiger partial charge on any atom is 0.255 e. The number of guanidine groups is 1. The van der Waals surface area contributed by atoms with Gasteiger partial charge in [-0.05, 0) is 24.1 Å². The Balaban J connectivity index is 2.46. The van der Waals surface area contributed by atoms with Crippen LogP contribution >= 0.6 is 0 Å². The van der Waals surface area contributed by atoms with Crippen LogP contribution in [0.4, 0.5) is 8.78 Å². The van der Waals surface area contributed by atoms with Crippen LogP contribution in [0.2, 0.25) is 0 Å². The van der Waals surface area contributed by atoms with Gasteiger partial charge in [-0.25, -0.2) is 8.78 Å². The number of amides is 1. The Bertz CT molecular complexity index is 492. The number of rotatable bonds is 6. The standard InChI is InChI=1S/C14H20F2N4O/c1-17-13(21)11-5-3-4-10(8-11)6-7-19-14(18-2)20-9-12(15)16/h3-5,8,12H,6-7,9H2,1-2H3,(H,17,21)(H2,18,19,20). The molecule has 0 aliphatic rings. The van der Waals surface area contributed by atoms with Gasteiger partial charge in [0.05, 0.1) is 6.54 Å². The summed E-state index contributed by atoms with van der Waals surface area (Å²) in [7, 11) is 3.10. The molecular formula is C14H20F2N4O. The van der Waals surface area contributed by atoms with Crippen molar-refractivity contribution in [1.82, 2.24) is 16.0 Å². The zero-order chi connectivity index (χ0) is 15.7. The van der Waals surface area contributed by atoms with E-state index < -0.39 is 13.0 Å². The molecular weight excluding hydrogens is 278 g/mol. The zero-order valence-corrected chi connectivity index (χ0v) is 12.1. The van der Waals surface area contributed by atoms with E-state index in [9.17, 15) is 13.6 Å². The lowest BCUT2D eigenvalue weighted by molar-refractivity contribution is 0.0963. The van der Waals surface area contributed by atoms with Crippen molar-refractivity contribution >= 4 is 11.9 Å². The van der Waals surface area contributed by atoms with Crippen LogP contribution in [0.15, 0.2) is 29.3 Å². The highest BCUT2D eigenvalue weighted by atomic mass is 19.3. The molecule has 1 aromatic rings. The number of hydrogen-bond acceptors (Lipinski definition) is 2. The molecule has 1 amide bonds. The lowest BCUT2D eigenvalue weighted by Gasteiger charge is -2.11. The monoisotopic (exact) mass is 298 g/mol. The molecule has 0 spiro atoms. The lowest BCUT2D eigenvalue weighted by Crippen LogP contribution is -2.40. The van der Waals surface area contributed by atoms with Gasteiger partial charge in [-0.15, -0.1) is 0 Å². The van der Waals surface area contributed by atoms with Gasteiger partial charge >= 0.3 is 0 Å². The number of benzene rings is 1. The molecule has 21 heavy (non-hydrogen) atoms. The van der Waals surface area contributed by atoms with Crippen LogP contribution in [0.3, 0.4) is 0 Å². The van der Waals surface area contributed by atoms with Gasteiger partial charge in [0.15, 0.2) is 5.96 Å². The van der Waals surface area contributed by atoms with E-state index in [-0.39, 0.29) is 5.91 Å². The van der Waals surface area contributed by atoms with Crippen LogP contribution in [-0.4, -0.2) is 45.5 Å². The molecule has 5 nitrogen and oxygen atoms in total. The lowest BCUT2D eigenvalue weighted by atomic mass is 10.1. The van der Waals surface area contributed by atoms with Crippen LogP contribution in [0.1, 0.15) is 15.9 Å². The van der Waals surface area contributed by atoms with E-state index in [4.69, 9.17) is 0 Å². The fourth-order valence-electron chi connectivity index (χ4n) is 1.73. The van der Waals surface area contributed by atoms with E-state index in [1.807, 2.05) is 12.1 Å². The second-order valence-corrected chi connectivity index (χ2v) is 4.30. The second kappa shape index (κ2) is 8.89. The molecule has 0 aliphatic carbocycles. The summed E-state index contributed by atoms with van der Waals surface area (Å²) in [4.78, 5) is 15.4. The molecule has 0 bridgehead atoms. The number of nitrogens with zero attached hydrogens (tertiary/aromatic N) is 1. The van der Waals surface area contributed by atoms with Gasteiger partial charge in [0.25, 0.3) is 12.3 Å². The number of alkyl halides is 2. The summed E-state index contributed by atoms with van der Waals surface area (Å²) in [5.41, 5.74) is 1.57. The van der Waals surface area contributed by atoms with Crippen molar-refractivity contribution in [3.8, 4) is 0 Å². The van der Waals surface area contributed by atoms with Gasteiger partial charge < -0.3 is 16.0 Å². The van der Waals surface area contributed by atoms with Gasteiger partial charge in [-0.3, -0.25) is 9.79 Å². The maximum absolute atomic E-state index is 12.1. The van der Waals surface area contributed by atoms with E-state index in [1.165, 1.54) is 7.05 Å². The second-order valence-electron chi connectivity index (χ2n) is 4.30. The molecule has 0 fully saturated rings.